The van der Waals surface area contributed by atoms with E-state index in [0.29, 0.717) is 25.9 Å². The highest BCUT2D eigenvalue weighted by Gasteiger charge is 2.44. The van der Waals surface area contributed by atoms with Gasteiger partial charge in [0.2, 0.25) is 5.52 Å². The van der Waals surface area contributed by atoms with Crippen LogP contribution in [0.15, 0.2) is 65.7 Å². The number of anilines is 1. The molecule has 1 aromatic heterocycles. The molecule has 4 nitrogen and oxygen atoms in total. The van der Waals surface area contributed by atoms with E-state index in [2.05, 4.69) is 22.0 Å². The zero-order valence-electron chi connectivity index (χ0n) is 18.0. The smallest absolute Gasteiger partial charge is 0.371 e. The van der Waals surface area contributed by atoms with Crippen LogP contribution in [0.2, 0.25) is 0 Å². The Morgan fingerprint density at radius 2 is 1.66 bits per heavy atom. The summed E-state index contributed by atoms with van der Waals surface area (Å²) in [5.74, 6) is -0.167. The van der Waals surface area contributed by atoms with E-state index in [1.165, 1.54) is 6.07 Å². The van der Waals surface area contributed by atoms with Crippen molar-refractivity contribution in [3.05, 3.63) is 66.4 Å². The predicted octanol–water partition coefficient (Wildman–Crippen LogP) is 5.14. The third kappa shape index (κ3) is 3.96. The Bertz CT molecular complexity index is 1230. The van der Waals surface area contributed by atoms with E-state index in [1.807, 2.05) is 24.4 Å². The number of hydrogen-bond donors (Lipinski definition) is 0. The van der Waals surface area contributed by atoms with Crippen LogP contribution in [-0.4, -0.2) is 26.3 Å². The number of nitrogens with zero attached hydrogens (tertiary/aromatic N) is 1. The van der Waals surface area contributed by atoms with Gasteiger partial charge in [-0.2, -0.15) is 13.2 Å². The summed E-state index contributed by atoms with van der Waals surface area (Å²) in [6.07, 6.45) is -1.44. The monoisotopic (exact) mass is 463 g/mol. The van der Waals surface area contributed by atoms with Gasteiger partial charge in [0.05, 0.1) is 26.3 Å². The second-order valence-corrected chi connectivity index (χ2v) is 11.3. The highest BCUT2D eigenvalue weighted by molar-refractivity contribution is 7.92. The number of sulfone groups is 1. The second kappa shape index (κ2) is 8.06. The lowest BCUT2D eigenvalue weighted by Crippen LogP contribution is -2.46. The van der Waals surface area contributed by atoms with Gasteiger partial charge in [0.25, 0.3) is 0 Å². The lowest BCUT2D eigenvalue weighted by Gasteiger charge is -2.41. The third-order valence-electron chi connectivity index (χ3n) is 6.66. The van der Waals surface area contributed by atoms with Gasteiger partial charge in [0.15, 0.2) is 16.0 Å². The van der Waals surface area contributed by atoms with E-state index >= 15 is 0 Å². The van der Waals surface area contributed by atoms with E-state index in [9.17, 15) is 21.6 Å². The predicted molar refractivity (Wildman–Crippen MR) is 118 cm³/mol. The third-order valence-corrected chi connectivity index (χ3v) is 9.26. The summed E-state index contributed by atoms with van der Waals surface area (Å²) in [6.45, 7) is 4.63. The van der Waals surface area contributed by atoms with Crippen LogP contribution in [0.1, 0.15) is 32.3 Å². The first-order valence-electron chi connectivity index (χ1n) is 10.6. The molecule has 1 N–H and O–H groups in total. The number of fused-ring (bicyclic) bond motifs is 1. The number of alkyl halides is 3. The van der Waals surface area contributed by atoms with Crippen LogP contribution in [0.25, 0.3) is 10.9 Å². The lowest BCUT2D eigenvalue weighted by molar-refractivity contribution is -0.344. The second-order valence-electron chi connectivity index (χ2n) is 8.80. The normalized spacial score (nSPS) is 16.5. The molecule has 32 heavy (non-hydrogen) atoms. The molecule has 1 aliphatic heterocycles. The lowest BCUT2D eigenvalue weighted by atomic mass is 9.85. The Balaban J connectivity index is 1.56. The molecule has 8 heteroatoms. The number of benzene rings is 2. The minimum absolute atomic E-state index is 0.167. The molecule has 1 fully saturated rings. The molecule has 0 atom stereocenters. The fraction of sp³-hybridized carbons (Fsp3) is 0.375. The molecule has 0 amide bonds. The van der Waals surface area contributed by atoms with Crippen molar-refractivity contribution in [2.24, 2.45) is 5.92 Å². The minimum Gasteiger partial charge on any atom is -0.371 e. The first-order chi connectivity index (χ1) is 15.0. The van der Waals surface area contributed by atoms with Crippen LogP contribution in [0, 0.1) is 5.92 Å². The van der Waals surface area contributed by atoms with E-state index in [1.54, 1.807) is 13.8 Å². The summed E-state index contributed by atoms with van der Waals surface area (Å²) >= 11 is 0. The minimum atomic E-state index is -4.59. The molecular weight excluding hydrogens is 437 g/mol. The summed E-state index contributed by atoms with van der Waals surface area (Å²) in [6, 6.07) is 14.1. The van der Waals surface area contributed by atoms with E-state index < -0.39 is 26.3 Å². The molecule has 0 aliphatic carbocycles. The number of aromatic amines is 1. The summed E-state index contributed by atoms with van der Waals surface area (Å²) in [5.41, 5.74) is 1.17. The van der Waals surface area contributed by atoms with Crippen molar-refractivity contribution in [2.75, 3.05) is 18.0 Å². The SMILES string of the molecule is CC(C)(C1CCN(c2cccc3[nH+]cccc23)CC1)S(=O)(=O)c1cccc(C(F)(F)F)c1. The topological polar surface area (TPSA) is 51.5 Å². The first kappa shape index (κ1) is 22.6. The number of aromatic nitrogens is 1. The zero-order valence-corrected chi connectivity index (χ0v) is 18.8. The standard InChI is InChI=1S/C24H25F3N2O2S/c1-23(2,32(30,31)19-7-3-6-18(16-19)24(25,26)27)17-11-14-29(15-12-17)22-10-4-9-21-20(22)8-5-13-28-21/h3-10,13,16-17H,11-12,14-15H2,1-2H3/p+1. The average molecular weight is 464 g/mol. The first-order valence-corrected chi connectivity index (χ1v) is 12.1. The number of rotatable bonds is 4. The Morgan fingerprint density at radius 3 is 2.34 bits per heavy atom. The number of H-pyrrole nitrogens is 1. The molecule has 2 aromatic carbocycles. The van der Waals surface area contributed by atoms with Crippen LogP contribution in [0.3, 0.4) is 0 Å². The van der Waals surface area contributed by atoms with Gasteiger partial charge in [-0.3, -0.25) is 0 Å². The van der Waals surface area contributed by atoms with Gasteiger partial charge >= 0.3 is 6.18 Å². The number of nitrogens with one attached hydrogen (secondary N) is 1. The fourth-order valence-electron chi connectivity index (χ4n) is 4.59. The Labute approximate surface area is 186 Å². The number of hydrogen-bond acceptors (Lipinski definition) is 3. The van der Waals surface area contributed by atoms with Gasteiger partial charge in [-0.1, -0.05) is 12.1 Å². The largest absolute Gasteiger partial charge is 0.416 e. The maximum absolute atomic E-state index is 13.4. The van der Waals surface area contributed by atoms with E-state index in [0.717, 1.165) is 34.8 Å². The summed E-state index contributed by atoms with van der Waals surface area (Å²) < 4.78 is 64.9. The highest BCUT2D eigenvalue weighted by Crippen LogP contribution is 2.40. The van der Waals surface area contributed by atoms with E-state index in [4.69, 9.17) is 0 Å². The molecular formula is C24H26F3N2O2S+. The highest BCUT2D eigenvalue weighted by atomic mass is 32.2. The van der Waals surface area contributed by atoms with Gasteiger partial charge < -0.3 is 4.90 Å². The van der Waals surface area contributed by atoms with Gasteiger partial charge in [-0.25, -0.2) is 13.4 Å². The van der Waals surface area contributed by atoms with Crippen molar-refractivity contribution in [2.45, 2.75) is 42.5 Å². The molecule has 1 saturated heterocycles. The van der Waals surface area contributed by atoms with Crippen LogP contribution in [-0.2, 0) is 16.0 Å². The summed E-state index contributed by atoms with van der Waals surface area (Å²) in [5, 5.41) is 1.10. The van der Waals surface area contributed by atoms with Crippen molar-refractivity contribution >= 4 is 26.4 Å². The Morgan fingerprint density at radius 1 is 0.969 bits per heavy atom. The van der Waals surface area contributed by atoms with E-state index in [-0.39, 0.29) is 10.8 Å². The number of halogens is 3. The van der Waals surface area contributed by atoms with Gasteiger partial charge in [-0.15, -0.1) is 0 Å². The van der Waals surface area contributed by atoms with Gasteiger partial charge in [0.1, 0.15) is 0 Å². The number of pyridine rings is 1. The molecule has 0 unspecified atom stereocenters. The fourth-order valence-corrected chi connectivity index (χ4v) is 6.41. The average Bonchev–Trinajstić information content (AvgIpc) is 2.78. The van der Waals surface area contributed by atoms with Gasteiger partial charge in [-0.05, 0) is 62.9 Å². The number of piperidine rings is 1. The molecule has 3 aromatic rings. The van der Waals surface area contributed by atoms with Crippen molar-refractivity contribution in [1.82, 2.24) is 0 Å². The van der Waals surface area contributed by atoms with Crippen LogP contribution in [0.4, 0.5) is 18.9 Å². The summed E-state index contributed by atoms with van der Waals surface area (Å²) in [7, 11) is -3.96. The molecule has 0 bridgehead atoms. The van der Waals surface area contributed by atoms with Crippen LogP contribution < -0.4 is 9.88 Å². The molecule has 4 rings (SSSR count). The molecule has 0 saturated carbocycles. The quantitative estimate of drug-likeness (QED) is 0.538. The molecule has 0 radical (unpaired) electrons. The van der Waals surface area contributed by atoms with Gasteiger partial charge in [0, 0.05) is 25.2 Å². The Kier molecular flexibility index (Phi) is 5.69. The van der Waals surface area contributed by atoms with Crippen molar-refractivity contribution in [3.63, 3.8) is 0 Å². The zero-order chi connectivity index (χ0) is 23.1. The molecule has 1 aliphatic rings. The maximum Gasteiger partial charge on any atom is 0.416 e. The van der Waals surface area contributed by atoms with Crippen LogP contribution in [0.5, 0.6) is 0 Å². The van der Waals surface area contributed by atoms with Crippen molar-refractivity contribution < 1.29 is 26.6 Å². The van der Waals surface area contributed by atoms with Crippen LogP contribution >= 0.6 is 0 Å². The maximum atomic E-state index is 13.4. The van der Waals surface area contributed by atoms with Crippen molar-refractivity contribution in [3.8, 4) is 0 Å². The summed E-state index contributed by atoms with van der Waals surface area (Å²) in [4.78, 5) is 5.21. The van der Waals surface area contributed by atoms with Crippen molar-refractivity contribution in [1.29, 1.82) is 0 Å². The molecule has 2 heterocycles. The molecule has 170 valence electrons. The Hall–Kier alpha value is -2.61. The molecule has 0 spiro atoms.